The van der Waals surface area contributed by atoms with Crippen LogP contribution in [0.2, 0.25) is 0 Å². The molecule has 142 valence electrons. The number of aromatic nitrogens is 4. The van der Waals surface area contributed by atoms with Crippen molar-refractivity contribution in [2.75, 3.05) is 5.73 Å². The van der Waals surface area contributed by atoms with Crippen molar-refractivity contribution in [1.82, 2.24) is 19.7 Å². The molecule has 0 saturated heterocycles. The molecule has 0 spiro atoms. The fraction of sp³-hybridized carbons (Fsp3) is 0.100. The molecule has 29 heavy (non-hydrogen) atoms. The van der Waals surface area contributed by atoms with E-state index >= 15 is 0 Å². The van der Waals surface area contributed by atoms with Crippen LogP contribution in [-0.2, 0) is 13.2 Å². The average molecular weight is 404 g/mol. The minimum absolute atomic E-state index is 0.101. The first-order valence-corrected chi connectivity index (χ1v) is 9.58. The van der Waals surface area contributed by atoms with Gasteiger partial charge in [0.25, 0.3) is 0 Å². The number of anilines is 1. The lowest BCUT2D eigenvalue weighted by Crippen LogP contribution is -2.08. The smallest absolute Gasteiger partial charge is 0.166 e. The number of hydrogen-bond donors (Lipinski definition) is 1. The van der Waals surface area contributed by atoms with E-state index in [9.17, 15) is 9.65 Å². The van der Waals surface area contributed by atoms with Crippen molar-refractivity contribution >= 4 is 17.2 Å². The van der Waals surface area contributed by atoms with Gasteiger partial charge < -0.3 is 10.5 Å². The molecule has 2 bridgehead atoms. The van der Waals surface area contributed by atoms with Gasteiger partial charge >= 0.3 is 0 Å². The second-order valence-electron chi connectivity index (χ2n) is 6.50. The second kappa shape index (κ2) is 6.68. The molecular weight excluding hydrogens is 391 g/mol. The van der Waals surface area contributed by atoms with Gasteiger partial charge in [0.2, 0.25) is 0 Å². The van der Waals surface area contributed by atoms with Crippen LogP contribution in [0, 0.1) is 17.1 Å². The number of pyridine rings is 1. The normalized spacial score (nSPS) is 12.4. The van der Waals surface area contributed by atoms with Crippen molar-refractivity contribution < 1.29 is 9.13 Å². The third-order valence-electron chi connectivity index (χ3n) is 4.75. The number of hydrogen-bond acceptors (Lipinski definition) is 7. The van der Waals surface area contributed by atoms with Crippen LogP contribution in [0.25, 0.3) is 22.5 Å². The molecule has 0 aliphatic carbocycles. The standard InChI is InChI=1S/C20H13FN6OS/c21-14-1-2-15-12(3-14)9-28-16-4-11(6-24-20(16)23)19-13(5-22)7-26-27(19)8-17-18(15)25-10-29-17/h1-4,6-7,10H,8-9H2,(H2,23,24). The molecule has 1 aliphatic heterocycles. The van der Waals surface area contributed by atoms with Crippen LogP contribution in [-0.4, -0.2) is 19.7 Å². The Morgan fingerprint density at radius 2 is 2.14 bits per heavy atom. The molecule has 2 N–H and O–H groups in total. The number of rotatable bonds is 0. The van der Waals surface area contributed by atoms with E-state index in [-0.39, 0.29) is 18.2 Å². The minimum Gasteiger partial charge on any atom is -0.485 e. The van der Waals surface area contributed by atoms with Gasteiger partial charge in [0.05, 0.1) is 40.1 Å². The molecule has 4 aromatic rings. The summed E-state index contributed by atoms with van der Waals surface area (Å²) in [4.78, 5) is 9.65. The number of halogens is 1. The lowest BCUT2D eigenvalue weighted by molar-refractivity contribution is 0.307. The highest BCUT2D eigenvalue weighted by atomic mass is 32.1. The zero-order valence-corrected chi connectivity index (χ0v) is 15.8. The van der Waals surface area contributed by atoms with Crippen molar-refractivity contribution in [2.24, 2.45) is 0 Å². The maximum Gasteiger partial charge on any atom is 0.166 e. The summed E-state index contributed by atoms with van der Waals surface area (Å²) in [5.74, 6) is 0.209. The van der Waals surface area contributed by atoms with Gasteiger partial charge in [0, 0.05) is 22.9 Å². The Balaban J connectivity index is 1.77. The fourth-order valence-electron chi connectivity index (χ4n) is 3.40. The Bertz CT molecular complexity index is 1290. The summed E-state index contributed by atoms with van der Waals surface area (Å²) < 4.78 is 21.6. The highest BCUT2D eigenvalue weighted by Gasteiger charge is 2.21. The summed E-state index contributed by atoms with van der Waals surface area (Å²) in [6.07, 6.45) is 3.11. The predicted octanol–water partition coefficient (Wildman–Crippen LogP) is 3.60. The number of thiazole rings is 1. The number of nitriles is 1. The van der Waals surface area contributed by atoms with Gasteiger partial charge in [-0.05, 0) is 24.3 Å². The molecule has 4 heterocycles. The van der Waals surface area contributed by atoms with Crippen molar-refractivity contribution in [3.8, 4) is 34.3 Å². The molecule has 7 nitrogen and oxygen atoms in total. The Hall–Kier alpha value is -3.77. The SMILES string of the molecule is N#Cc1cnn2c1-c1cnc(N)c(c1)OCc1cc(F)ccc1-c1ncsc1C2. The maximum atomic E-state index is 13.9. The Labute approximate surface area is 168 Å². The summed E-state index contributed by atoms with van der Waals surface area (Å²) in [5, 5.41) is 13.9. The van der Waals surface area contributed by atoms with Crippen molar-refractivity contribution in [3.05, 3.63) is 64.0 Å². The van der Waals surface area contributed by atoms with E-state index in [4.69, 9.17) is 10.5 Å². The van der Waals surface area contributed by atoms with Gasteiger partial charge in [-0.25, -0.2) is 14.4 Å². The van der Waals surface area contributed by atoms with Crippen LogP contribution in [0.1, 0.15) is 16.0 Å². The van der Waals surface area contributed by atoms with E-state index < -0.39 is 0 Å². The summed E-state index contributed by atoms with van der Waals surface area (Å²) in [7, 11) is 0. The average Bonchev–Trinajstić information content (AvgIpc) is 3.34. The number of nitrogens with zero attached hydrogens (tertiary/aromatic N) is 5. The largest absolute Gasteiger partial charge is 0.485 e. The Kier molecular flexibility index (Phi) is 4.00. The first-order valence-electron chi connectivity index (χ1n) is 8.70. The van der Waals surface area contributed by atoms with Gasteiger partial charge in [-0.3, -0.25) is 4.68 Å². The van der Waals surface area contributed by atoms with Crippen LogP contribution in [0.3, 0.4) is 0 Å². The highest BCUT2D eigenvalue weighted by Crippen LogP contribution is 2.35. The maximum absolute atomic E-state index is 13.9. The number of fused-ring (bicyclic) bond motifs is 7. The number of ether oxygens (including phenoxy) is 1. The minimum atomic E-state index is -0.357. The van der Waals surface area contributed by atoms with E-state index in [1.54, 1.807) is 28.5 Å². The third-order valence-corrected chi connectivity index (χ3v) is 5.57. The van der Waals surface area contributed by atoms with Gasteiger partial charge in [-0.15, -0.1) is 11.3 Å². The van der Waals surface area contributed by atoms with Crippen LogP contribution in [0.5, 0.6) is 5.75 Å². The monoisotopic (exact) mass is 404 g/mol. The summed E-state index contributed by atoms with van der Waals surface area (Å²) >= 11 is 1.48. The van der Waals surface area contributed by atoms with E-state index in [0.717, 1.165) is 16.1 Å². The summed E-state index contributed by atoms with van der Waals surface area (Å²) in [5.41, 5.74) is 11.6. The third kappa shape index (κ3) is 2.90. The topological polar surface area (TPSA) is 103 Å². The van der Waals surface area contributed by atoms with E-state index in [0.29, 0.717) is 34.7 Å². The fourth-order valence-corrected chi connectivity index (χ4v) is 4.15. The molecule has 0 amide bonds. The molecule has 3 aromatic heterocycles. The second-order valence-corrected chi connectivity index (χ2v) is 7.44. The van der Waals surface area contributed by atoms with E-state index in [1.807, 2.05) is 0 Å². The van der Waals surface area contributed by atoms with Crippen LogP contribution in [0.4, 0.5) is 10.2 Å². The lowest BCUT2D eigenvalue weighted by atomic mass is 10.0. The van der Waals surface area contributed by atoms with Crippen molar-refractivity contribution in [1.29, 1.82) is 5.26 Å². The number of nitrogens with two attached hydrogens (primary N) is 1. The molecule has 0 fully saturated rings. The van der Waals surface area contributed by atoms with Crippen molar-refractivity contribution in [3.63, 3.8) is 0 Å². The zero-order valence-electron chi connectivity index (χ0n) is 15.0. The quantitative estimate of drug-likeness (QED) is 0.480. The van der Waals surface area contributed by atoms with Gasteiger partial charge in [0.1, 0.15) is 18.5 Å². The van der Waals surface area contributed by atoms with Crippen LogP contribution in [0.15, 0.2) is 42.2 Å². The summed E-state index contributed by atoms with van der Waals surface area (Å²) in [6.45, 7) is 0.512. The van der Waals surface area contributed by atoms with Crippen LogP contribution >= 0.6 is 11.3 Å². The van der Waals surface area contributed by atoms with E-state index in [2.05, 4.69) is 21.1 Å². The molecule has 0 saturated carbocycles. The molecule has 0 unspecified atom stereocenters. The molecular formula is C20H13FN6OS. The Morgan fingerprint density at radius 3 is 3.00 bits per heavy atom. The predicted molar refractivity (Wildman–Crippen MR) is 106 cm³/mol. The first-order chi connectivity index (χ1) is 14.1. The van der Waals surface area contributed by atoms with Crippen LogP contribution < -0.4 is 10.5 Å². The zero-order chi connectivity index (χ0) is 20.0. The van der Waals surface area contributed by atoms with Gasteiger partial charge in [0.15, 0.2) is 11.6 Å². The van der Waals surface area contributed by atoms with Gasteiger partial charge in [-0.2, -0.15) is 10.4 Å². The number of nitrogen functional groups attached to an aromatic ring is 1. The molecule has 1 aliphatic rings. The Morgan fingerprint density at radius 1 is 1.24 bits per heavy atom. The molecule has 1 aromatic carbocycles. The molecule has 9 heteroatoms. The molecule has 5 rings (SSSR count). The highest BCUT2D eigenvalue weighted by molar-refractivity contribution is 7.10. The number of benzene rings is 1. The van der Waals surface area contributed by atoms with Crippen molar-refractivity contribution in [2.45, 2.75) is 13.2 Å². The summed E-state index contributed by atoms with van der Waals surface area (Å²) in [6, 6.07) is 8.43. The van der Waals surface area contributed by atoms with Gasteiger partial charge in [-0.1, -0.05) is 0 Å². The molecule has 0 atom stereocenters. The first kappa shape index (κ1) is 17.3. The lowest BCUT2D eigenvalue weighted by Gasteiger charge is -2.16. The molecule has 0 radical (unpaired) electrons. The van der Waals surface area contributed by atoms with E-state index in [1.165, 1.54) is 29.7 Å².